The summed E-state index contributed by atoms with van der Waals surface area (Å²) in [5.74, 6) is 1.78. The highest BCUT2D eigenvalue weighted by Gasteiger charge is 2.39. The average molecular weight is 462 g/mol. The Bertz CT molecular complexity index is 1160. The molecule has 0 bridgehead atoms. The van der Waals surface area contributed by atoms with Gasteiger partial charge in [-0.1, -0.05) is 12.1 Å². The summed E-state index contributed by atoms with van der Waals surface area (Å²) in [5.41, 5.74) is 5.80. The molecule has 1 fully saturated rings. The Morgan fingerprint density at radius 1 is 1.15 bits per heavy atom. The molecule has 5 rings (SSSR count). The quantitative estimate of drug-likeness (QED) is 0.702. The third kappa shape index (κ3) is 4.31. The van der Waals surface area contributed by atoms with Crippen LogP contribution in [-0.2, 0) is 17.6 Å². The fourth-order valence-electron chi connectivity index (χ4n) is 5.50. The van der Waals surface area contributed by atoms with Crippen molar-refractivity contribution in [2.45, 2.75) is 64.5 Å². The maximum absolute atomic E-state index is 12.9. The molecule has 6 nitrogen and oxygen atoms in total. The highest BCUT2D eigenvalue weighted by Crippen LogP contribution is 2.47. The Hall–Kier alpha value is -2.86. The summed E-state index contributed by atoms with van der Waals surface area (Å²) >= 11 is 0. The Labute approximate surface area is 202 Å². The van der Waals surface area contributed by atoms with Crippen molar-refractivity contribution in [3.05, 3.63) is 52.6 Å². The molecule has 0 saturated carbocycles. The first-order valence-corrected chi connectivity index (χ1v) is 12.3. The zero-order chi connectivity index (χ0) is 24.1. The minimum Gasteiger partial charge on any atom is -0.493 e. The van der Waals surface area contributed by atoms with E-state index in [-0.39, 0.29) is 23.0 Å². The normalized spacial score (nSPS) is 20.6. The van der Waals surface area contributed by atoms with Gasteiger partial charge in [-0.25, -0.2) is 0 Å². The molecular formula is C28H35N3O3. The molecule has 2 aromatic rings. The van der Waals surface area contributed by atoms with Crippen molar-refractivity contribution >= 4 is 17.3 Å². The molecular weight excluding hydrogens is 426 g/mol. The van der Waals surface area contributed by atoms with Gasteiger partial charge in [-0.05, 0) is 83.8 Å². The van der Waals surface area contributed by atoms with E-state index in [0.29, 0.717) is 0 Å². The van der Waals surface area contributed by atoms with Crippen LogP contribution >= 0.6 is 0 Å². The van der Waals surface area contributed by atoms with E-state index in [1.165, 1.54) is 5.56 Å². The van der Waals surface area contributed by atoms with Crippen LogP contribution in [-0.4, -0.2) is 43.0 Å². The predicted octanol–water partition coefficient (Wildman–Crippen LogP) is 4.52. The summed E-state index contributed by atoms with van der Waals surface area (Å²) in [5, 5.41) is 6.48. The number of nitrogens with zero attached hydrogens (tertiary/aromatic N) is 1. The fourth-order valence-corrected chi connectivity index (χ4v) is 5.50. The van der Waals surface area contributed by atoms with Crippen molar-refractivity contribution in [1.82, 2.24) is 5.32 Å². The number of anilines is 1. The van der Waals surface area contributed by atoms with Crippen molar-refractivity contribution in [2.24, 2.45) is 10.9 Å². The molecule has 6 heteroatoms. The van der Waals surface area contributed by atoms with Gasteiger partial charge >= 0.3 is 0 Å². The molecule has 180 valence electrons. The maximum Gasteiger partial charge on any atom is 0.227 e. The monoisotopic (exact) mass is 461 g/mol. The number of hydrogen-bond donors (Lipinski definition) is 2. The van der Waals surface area contributed by atoms with Crippen LogP contribution in [0.15, 0.2) is 35.3 Å². The fraction of sp³-hybridized carbons (Fsp3) is 0.500. The zero-order valence-electron chi connectivity index (χ0n) is 20.9. The molecule has 2 N–H and O–H groups in total. The molecule has 3 heterocycles. The summed E-state index contributed by atoms with van der Waals surface area (Å²) in [6, 6.07) is 10.2. The maximum atomic E-state index is 12.9. The first kappa shape index (κ1) is 22.9. The number of carbonyl (C=O) groups excluding carboxylic acids is 1. The third-order valence-electron chi connectivity index (χ3n) is 7.01. The second kappa shape index (κ2) is 8.42. The van der Waals surface area contributed by atoms with Gasteiger partial charge in [-0.15, -0.1) is 0 Å². The Morgan fingerprint density at radius 2 is 1.91 bits per heavy atom. The number of piperidine rings is 1. The molecule has 0 aromatic heterocycles. The summed E-state index contributed by atoms with van der Waals surface area (Å²) in [6.07, 6.45) is 3.39. The van der Waals surface area contributed by atoms with E-state index >= 15 is 0 Å². The van der Waals surface area contributed by atoms with Gasteiger partial charge in [0.15, 0.2) is 11.5 Å². The van der Waals surface area contributed by atoms with Crippen LogP contribution < -0.4 is 20.1 Å². The topological polar surface area (TPSA) is 72.0 Å². The van der Waals surface area contributed by atoms with Crippen LogP contribution in [0.1, 0.15) is 62.8 Å². The van der Waals surface area contributed by atoms with Gasteiger partial charge in [-0.2, -0.15) is 0 Å². The first-order valence-electron chi connectivity index (χ1n) is 12.3. The summed E-state index contributed by atoms with van der Waals surface area (Å²) in [6.45, 7) is 10.3. The van der Waals surface area contributed by atoms with Crippen LogP contribution in [0.2, 0.25) is 0 Å². The number of benzene rings is 2. The minimum absolute atomic E-state index is 0.0618. The van der Waals surface area contributed by atoms with E-state index in [0.717, 1.165) is 78.4 Å². The van der Waals surface area contributed by atoms with Crippen molar-refractivity contribution in [2.75, 3.05) is 25.5 Å². The summed E-state index contributed by atoms with van der Waals surface area (Å²) in [4.78, 5) is 18.1. The van der Waals surface area contributed by atoms with E-state index in [4.69, 9.17) is 14.5 Å². The second-order valence-corrected chi connectivity index (χ2v) is 11.0. The molecule has 0 spiro atoms. The lowest BCUT2D eigenvalue weighted by atomic mass is 9.81. The molecule has 3 aliphatic heterocycles. The number of amides is 1. The molecule has 34 heavy (non-hydrogen) atoms. The van der Waals surface area contributed by atoms with E-state index < -0.39 is 0 Å². The van der Waals surface area contributed by atoms with E-state index in [9.17, 15) is 4.79 Å². The largest absolute Gasteiger partial charge is 0.493 e. The molecule has 0 radical (unpaired) electrons. The number of ether oxygens (including phenoxy) is 2. The van der Waals surface area contributed by atoms with Crippen molar-refractivity contribution in [3.8, 4) is 11.5 Å². The molecule has 0 atom stereocenters. The lowest BCUT2D eigenvalue weighted by molar-refractivity contribution is -0.120. The van der Waals surface area contributed by atoms with Crippen LogP contribution in [0.5, 0.6) is 11.5 Å². The number of rotatable bonds is 4. The number of hydrogen-bond acceptors (Lipinski definition) is 5. The first-order chi connectivity index (χ1) is 16.2. The van der Waals surface area contributed by atoms with Crippen molar-refractivity contribution < 1.29 is 14.3 Å². The smallest absolute Gasteiger partial charge is 0.227 e. The average Bonchev–Trinajstić information content (AvgIpc) is 3.12. The number of methoxy groups -OCH3 is 1. The Balaban J connectivity index is 1.55. The van der Waals surface area contributed by atoms with E-state index in [2.05, 4.69) is 56.5 Å². The van der Waals surface area contributed by atoms with Crippen LogP contribution in [0.25, 0.3) is 0 Å². The zero-order valence-corrected chi connectivity index (χ0v) is 20.9. The van der Waals surface area contributed by atoms with Crippen molar-refractivity contribution in [3.63, 3.8) is 0 Å². The molecule has 2 aromatic carbocycles. The molecule has 1 amide bonds. The Kier molecular flexibility index (Phi) is 5.67. The minimum atomic E-state index is -0.298. The SMILES string of the molecule is COc1cc2c(c3c1OC(C)(C)C3)C(c1cccc(NC(=O)C3CCNCC3)c1)=NC(C)(C)C2. The van der Waals surface area contributed by atoms with Gasteiger partial charge in [-0.3, -0.25) is 9.79 Å². The number of aliphatic imine (C=N–C) groups is 1. The number of nitrogens with one attached hydrogen (secondary N) is 2. The number of carbonyl (C=O) groups is 1. The lowest BCUT2D eigenvalue weighted by Gasteiger charge is -2.31. The lowest BCUT2D eigenvalue weighted by Crippen LogP contribution is -2.34. The molecule has 0 unspecified atom stereocenters. The molecule has 3 aliphatic rings. The van der Waals surface area contributed by atoms with Gasteiger partial charge in [0, 0.05) is 34.7 Å². The number of fused-ring (bicyclic) bond motifs is 3. The second-order valence-electron chi connectivity index (χ2n) is 11.0. The van der Waals surface area contributed by atoms with E-state index in [1.807, 2.05) is 12.1 Å². The predicted molar refractivity (Wildman–Crippen MR) is 135 cm³/mol. The summed E-state index contributed by atoms with van der Waals surface area (Å²) < 4.78 is 12.0. The van der Waals surface area contributed by atoms with Crippen LogP contribution in [0, 0.1) is 5.92 Å². The van der Waals surface area contributed by atoms with Gasteiger partial charge in [0.25, 0.3) is 0 Å². The molecule has 0 aliphatic carbocycles. The van der Waals surface area contributed by atoms with Gasteiger partial charge < -0.3 is 20.1 Å². The standard InChI is InChI=1S/C28H35N3O3/c1-27(2)15-19-14-22(33-5)25-21(16-28(3,4)34-25)23(19)24(31-27)18-7-6-8-20(13-18)30-26(32)17-9-11-29-12-10-17/h6-8,13-14,17,29H,9-12,15-16H2,1-5H3,(H,30,32). The van der Waals surface area contributed by atoms with Crippen LogP contribution in [0.3, 0.4) is 0 Å². The Morgan fingerprint density at radius 3 is 2.65 bits per heavy atom. The van der Waals surface area contributed by atoms with Gasteiger partial charge in [0.05, 0.1) is 18.4 Å². The van der Waals surface area contributed by atoms with Gasteiger partial charge in [0.2, 0.25) is 5.91 Å². The summed E-state index contributed by atoms with van der Waals surface area (Å²) in [7, 11) is 1.70. The van der Waals surface area contributed by atoms with E-state index in [1.54, 1.807) is 7.11 Å². The van der Waals surface area contributed by atoms with Crippen molar-refractivity contribution in [1.29, 1.82) is 0 Å². The highest BCUT2D eigenvalue weighted by molar-refractivity contribution is 6.16. The van der Waals surface area contributed by atoms with Crippen LogP contribution in [0.4, 0.5) is 5.69 Å². The third-order valence-corrected chi connectivity index (χ3v) is 7.01. The van der Waals surface area contributed by atoms with Gasteiger partial charge in [0.1, 0.15) is 5.60 Å². The molecule has 1 saturated heterocycles. The highest BCUT2D eigenvalue weighted by atomic mass is 16.5.